The third-order valence-electron chi connectivity index (χ3n) is 1.81. The number of aromatic nitrogens is 2. The lowest BCUT2D eigenvalue weighted by atomic mass is 9.95. The van der Waals surface area contributed by atoms with Crippen molar-refractivity contribution in [2.24, 2.45) is 0 Å². The summed E-state index contributed by atoms with van der Waals surface area (Å²) in [5, 5.41) is 0. The summed E-state index contributed by atoms with van der Waals surface area (Å²) < 4.78 is 0. The lowest BCUT2D eigenvalue weighted by molar-refractivity contribution is -0.116. The zero-order chi connectivity index (χ0) is 10.8. The van der Waals surface area contributed by atoms with Gasteiger partial charge in [0.25, 0.3) is 0 Å². The van der Waals surface area contributed by atoms with E-state index in [4.69, 9.17) is 0 Å². The van der Waals surface area contributed by atoms with E-state index in [9.17, 15) is 4.79 Å². The number of hydrogen-bond acceptors (Lipinski definition) is 3. The SMILES string of the molecule is CC(=O)Cc1ccnc(C(C)(C)C)n1. The highest BCUT2D eigenvalue weighted by atomic mass is 16.1. The van der Waals surface area contributed by atoms with Crippen LogP contribution in [0.5, 0.6) is 0 Å². The summed E-state index contributed by atoms with van der Waals surface area (Å²) in [5.41, 5.74) is 0.740. The van der Waals surface area contributed by atoms with E-state index in [0.29, 0.717) is 6.42 Å². The monoisotopic (exact) mass is 192 g/mol. The van der Waals surface area contributed by atoms with E-state index < -0.39 is 0 Å². The molecule has 0 spiro atoms. The molecule has 0 aliphatic heterocycles. The summed E-state index contributed by atoms with van der Waals surface area (Å²) in [7, 11) is 0. The summed E-state index contributed by atoms with van der Waals surface area (Å²) in [4.78, 5) is 19.5. The van der Waals surface area contributed by atoms with Gasteiger partial charge in [-0.3, -0.25) is 4.79 Å². The molecule has 1 rings (SSSR count). The molecule has 14 heavy (non-hydrogen) atoms. The van der Waals surface area contributed by atoms with Crippen molar-refractivity contribution in [1.29, 1.82) is 0 Å². The highest BCUT2D eigenvalue weighted by Gasteiger charge is 2.17. The van der Waals surface area contributed by atoms with Crippen LogP contribution in [0.1, 0.15) is 39.2 Å². The van der Waals surface area contributed by atoms with Crippen molar-refractivity contribution in [3.8, 4) is 0 Å². The molecule has 0 N–H and O–H groups in total. The summed E-state index contributed by atoms with van der Waals surface area (Å²) in [6, 6.07) is 1.79. The number of Topliss-reactive ketones (excluding diaryl/α,β-unsaturated/α-hetero) is 1. The van der Waals surface area contributed by atoms with Crippen molar-refractivity contribution in [3.63, 3.8) is 0 Å². The maximum Gasteiger partial charge on any atom is 0.135 e. The molecule has 0 fully saturated rings. The fraction of sp³-hybridized carbons (Fsp3) is 0.545. The van der Waals surface area contributed by atoms with E-state index in [2.05, 4.69) is 30.7 Å². The Morgan fingerprint density at radius 2 is 2.07 bits per heavy atom. The topological polar surface area (TPSA) is 42.9 Å². The zero-order valence-corrected chi connectivity index (χ0v) is 9.16. The Morgan fingerprint density at radius 1 is 1.43 bits per heavy atom. The number of carbonyl (C=O) groups is 1. The van der Waals surface area contributed by atoms with Crippen molar-refractivity contribution in [2.75, 3.05) is 0 Å². The Hall–Kier alpha value is -1.25. The molecule has 0 atom stereocenters. The minimum absolute atomic E-state index is 0.0627. The maximum absolute atomic E-state index is 10.9. The molecule has 3 nitrogen and oxygen atoms in total. The highest BCUT2D eigenvalue weighted by molar-refractivity contribution is 5.77. The Kier molecular flexibility index (Phi) is 2.99. The van der Waals surface area contributed by atoms with Gasteiger partial charge in [0.15, 0.2) is 0 Å². The standard InChI is InChI=1S/C11H16N2O/c1-8(14)7-9-5-6-12-10(13-9)11(2,3)4/h5-6H,7H2,1-4H3. The molecule has 1 aromatic rings. The van der Waals surface area contributed by atoms with Crippen molar-refractivity contribution >= 4 is 5.78 Å². The summed E-state index contributed by atoms with van der Waals surface area (Å²) in [6.07, 6.45) is 2.11. The molecule has 3 heteroatoms. The van der Waals surface area contributed by atoms with Crippen molar-refractivity contribution in [1.82, 2.24) is 9.97 Å². The van der Waals surface area contributed by atoms with Crippen molar-refractivity contribution in [2.45, 2.75) is 39.5 Å². The number of rotatable bonds is 2. The van der Waals surface area contributed by atoms with Crippen LogP contribution in [-0.4, -0.2) is 15.8 Å². The van der Waals surface area contributed by atoms with Crippen LogP contribution >= 0.6 is 0 Å². The average Bonchev–Trinajstić information content (AvgIpc) is 2.01. The van der Waals surface area contributed by atoms with E-state index in [1.807, 2.05) is 0 Å². The van der Waals surface area contributed by atoms with Gasteiger partial charge >= 0.3 is 0 Å². The molecule has 0 aromatic carbocycles. The fourth-order valence-corrected chi connectivity index (χ4v) is 1.11. The molecular weight excluding hydrogens is 176 g/mol. The summed E-state index contributed by atoms with van der Waals surface area (Å²) in [5.74, 6) is 0.916. The summed E-state index contributed by atoms with van der Waals surface area (Å²) >= 11 is 0. The van der Waals surface area contributed by atoms with E-state index in [-0.39, 0.29) is 11.2 Å². The number of hydrogen-bond donors (Lipinski definition) is 0. The lowest BCUT2D eigenvalue weighted by Gasteiger charge is -2.16. The predicted octanol–water partition coefficient (Wildman–Crippen LogP) is 1.91. The largest absolute Gasteiger partial charge is 0.300 e. The number of carbonyl (C=O) groups excluding carboxylic acids is 1. The van der Waals surface area contributed by atoms with Crippen LogP contribution in [-0.2, 0) is 16.6 Å². The lowest BCUT2D eigenvalue weighted by Crippen LogP contribution is -2.17. The normalized spacial score (nSPS) is 11.4. The van der Waals surface area contributed by atoms with Gasteiger partial charge in [0, 0.05) is 18.0 Å². The summed E-state index contributed by atoms with van der Waals surface area (Å²) in [6.45, 7) is 7.73. The molecule has 0 amide bonds. The van der Waals surface area contributed by atoms with Gasteiger partial charge in [-0.25, -0.2) is 9.97 Å². The van der Waals surface area contributed by atoms with Gasteiger partial charge in [0.2, 0.25) is 0 Å². The van der Waals surface area contributed by atoms with Gasteiger partial charge in [-0.2, -0.15) is 0 Å². The number of nitrogens with zero attached hydrogens (tertiary/aromatic N) is 2. The smallest absolute Gasteiger partial charge is 0.135 e. The van der Waals surface area contributed by atoms with E-state index in [0.717, 1.165) is 11.5 Å². The zero-order valence-electron chi connectivity index (χ0n) is 9.16. The van der Waals surface area contributed by atoms with E-state index in [1.54, 1.807) is 19.2 Å². The Morgan fingerprint density at radius 3 is 2.57 bits per heavy atom. The third-order valence-corrected chi connectivity index (χ3v) is 1.81. The fourth-order valence-electron chi connectivity index (χ4n) is 1.11. The van der Waals surface area contributed by atoms with Crippen molar-refractivity contribution in [3.05, 3.63) is 23.8 Å². The van der Waals surface area contributed by atoms with Crippen LogP contribution in [0.15, 0.2) is 12.3 Å². The molecular formula is C11H16N2O. The average molecular weight is 192 g/mol. The Bertz CT molecular complexity index is 339. The first-order valence-electron chi connectivity index (χ1n) is 4.71. The van der Waals surface area contributed by atoms with Crippen LogP contribution in [0, 0.1) is 0 Å². The van der Waals surface area contributed by atoms with Gasteiger partial charge in [-0.05, 0) is 13.0 Å². The molecule has 1 heterocycles. The van der Waals surface area contributed by atoms with Crippen LogP contribution in [0.4, 0.5) is 0 Å². The highest BCUT2D eigenvalue weighted by Crippen LogP contribution is 2.17. The van der Waals surface area contributed by atoms with Gasteiger partial charge in [0.1, 0.15) is 11.6 Å². The van der Waals surface area contributed by atoms with E-state index >= 15 is 0 Å². The predicted molar refractivity (Wildman–Crippen MR) is 55.1 cm³/mol. The first-order valence-corrected chi connectivity index (χ1v) is 4.71. The Balaban J connectivity index is 2.95. The van der Waals surface area contributed by atoms with Gasteiger partial charge in [-0.1, -0.05) is 20.8 Å². The minimum atomic E-state index is -0.0627. The molecule has 0 unspecified atom stereocenters. The molecule has 0 aliphatic carbocycles. The second kappa shape index (κ2) is 3.86. The minimum Gasteiger partial charge on any atom is -0.300 e. The van der Waals surface area contributed by atoms with Gasteiger partial charge in [-0.15, -0.1) is 0 Å². The Labute approximate surface area is 84.6 Å². The van der Waals surface area contributed by atoms with Crippen LogP contribution in [0.3, 0.4) is 0 Å². The first-order chi connectivity index (χ1) is 6.39. The van der Waals surface area contributed by atoms with Gasteiger partial charge in [0.05, 0.1) is 5.69 Å². The van der Waals surface area contributed by atoms with Gasteiger partial charge < -0.3 is 0 Å². The molecule has 1 aromatic heterocycles. The van der Waals surface area contributed by atoms with Crippen molar-refractivity contribution < 1.29 is 4.79 Å². The molecule has 0 radical (unpaired) electrons. The molecule has 76 valence electrons. The molecule has 0 saturated carbocycles. The third kappa shape index (κ3) is 2.91. The molecule has 0 bridgehead atoms. The van der Waals surface area contributed by atoms with Crippen LogP contribution in [0.2, 0.25) is 0 Å². The maximum atomic E-state index is 10.9. The quantitative estimate of drug-likeness (QED) is 0.718. The van der Waals surface area contributed by atoms with Crippen LogP contribution in [0.25, 0.3) is 0 Å². The van der Waals surface area contributed by atoms with Crippen LogP contribution < -0.4 is 0 Å². The van der Waals surface area contributed by atoms with E-state index in [1.165, 1.54) is 0 Å². The molecule has 0 saturated heterocycles. The first kappa shape index (κ1) is 10.8. The second-order valence-electron chi connectivity index (χ2n) is 4.50. The number of ketones is 1. The molecule has 0 aliphatic rings. The second-order valence-corrected chi connectivity index (χ2v) is 4.50.